The molecule has 0 bridgehead atoms. The van der Waals surface area contributed by atoms with Gasteiger partial charge in [0.15, 0.2) is 0 Å². The molecule has 0 aromatic carbocycles. The van der Waals surface area contributed by atoms with Crippen LogP contribution >= 0.6 is 0 Å². The average molecular weight is 445 g/mol. The molecule has 0 saturated carbocycles. The maximum atomic E-state index is 12.7. The van der Waals surface area contributed by atoms with Crippen molar-refractivity contribution >= 4 is 27.9 Å². The summed E-state index contributed by atoms with van der Waals surface area (Å²) in [7, 11) is -1.89. The van der Waals surface area contributed by atoms with Crippen molar-refractivity contribution in [3.05, 3.63) is 11.8 Å². The third-order valence-corrected chi connectivity index (χ3v) is 7.05. The van der Waals surface area contributed by atoms with Crippen molar-refractivity contribution in [2.45, 2.75) is 6.92 Å². The summed E-state index contributed by atoms with van der Waals surface area (Å²) in [5, 5.41) is 6.71. The van der Waals surface area contributed by atoms with E-state index >= 15 is 0 Å². The zero-order valence-electron chi connectivity index (χ0n) is 17.2. The summed E-state index contributed by atoms with van der Waals surface area (Å²) >= 11 is 0. The van der Waals surface area contributed by atoms with Gasteiger partial charge in [0.05, 0.1) is 32.6 Å². The van der Waals surface area contributed by atoms with E-state index < -0.39 is 16.2 Å². The van der Waals surface area contributed by atoms with Gasteiger partial charge in [-0.2, -0.15) is 22.1 Å². The van der Waals surface area contributed by atoms with E-state index in [0.717, 1.165) is 0 Å². The number of carbonyl (C=O) groups excluding carboxylic acids is 2. The number of anilines is 1. The molecule has 168 valence electrons. The molecule has 0 radical (unpaired) electrons. The van der Waals surface area contributed by atoms with E-state index in [4.69, 9.17) is 9.47 Å². The minimum Gasteiger partial charge on any atom is -0.462 e. The second-order valence-electron chi connectivity index (χ2n) is 6.99. The molecule has 12 nitrogen and oxygen atoms in total. The van der Waals surface area contributed by atoms with Gasteiger partial charge in [0.2, 0.25) is 5.91 Å². The first-order valence-corrected chi connectivity index (χ1v) is 11.3. The summed E-state index contributed by atoms with van der Waals surface area (Å²) < 4.78 is 39.9. The molecule has 30 heavy (non-hydrogen) atoms. The molecule has 2 fully saturated rings. The van der Waals surface area contributed by atoms with E-state index in [1.54, 1.807) is 14.0 Å². The lowest BCUT2D eigenvalue weighted by atomic mass is 10.3. The Morgan fingerprint density at radius 2 is 1.77 bits per heavy atom. The molecule has 3 rings (SSSR count). The van der Waals surface area contributed by atoms with Crippen LogP contribution in [0.3, 0.4) is 0 Å². The lowest BCUT2D eigenvalue weighted by Crippen LogP contribution is -2.55. The van der Waals surface area contributed by atoms with Crippen LogP contribution < -0.4 is 5.32 Å². The fourth-order valence-corrected chi connectivity index (χ4v) is 4.94. The Balaban J connectivity index is 1.52. The monoisotopic (exact) mass is 444 g/mol. The van der Waals surface area contributed by atoms with Crippen LogP contribution in [0.2, 0.25) is 0 Å². The van der Waals surface area contributed by atoms with Gasteiger partial charge < -0.3 is 14.8 Å². The van der Waals surface area contributed by atoms with Crippen LogP contribution in [0.15, 0.2) is 6.20 Å². The van der Waals surface area contributed by atoms with Crippen LogP contribution in [-0.2, 0) is 31.5 Å². The molecular formula is C17H28N6O6S. The molecule has 1 aromatic heterocycles. The van der Waals surface area contributed by atoms with Crippen molar-refractivity contribution in [1.82, 2.24) is 23.3 Å². The van der Waals surface area contributed by atoms with Gasteiger partial charge in [-0.25, -0.2) is 4.79 Å². The van der Waals surface area contributed by atoms with Crippen molar-refractivity contribution in [3.63, 3.8) is 0 Å². The second kappa shape index (κ2) is 9.83. The highest BCUT2D eigenvalue weighted by Gasteiger charge is 2.33. The van der Waals surface area contributed by atoms with Crippen LogP contribution in [0.5, 0.6) is 0 Å². The second-order valence-corrected chi connectivity index (χ2v) is 8.92. The molecule has 2 aliphatic heterocycles. The van der Waals surface area contributed by atoms with Crippen molar-refractivity contribution in [3.8, 4) is 0 Å². The predicted octanol–water partition coefficient (Wildman–Crippen LogP) is -1.27. The number of nitrogens with one attached hydrogen (secondary N) is 1. The standard InChI is InChI=1S/C17H28N6O6S/c1-3-29-17(25)14-12-18-20(2)16(14)19-15(24)13-21-4-6-22(7-5-21)30(26,27)23-8-10-28-11-9-23/h12H,3-11,13H2,1-2H3,(H,19,24). The lowest BCUT2D eigenvalue weighted by Gasteiger charge is -2.37. The van der Waals surface area contributed by atoms with Gasteiger partial charge in [-0.05, 0) is 6.92 Å². The Morgan fingerprint density at radius 1 is 1.13 bits per heavy atom. The van der Waals surface area contributed by atoms with Crippen molar-refractivity contribution < 1.29 is 27.5 Å². The highest BCUT2D eigenvalue weighted by molar-refractivity contribution is 7.86. The van der Waals surface area contributed by atoms with Gasteiger partial charge in [-0.3, -0.25) is 14.4 Å². The van der Waals surface area contributed by atoms with Gasteiger partial charge in [-0.15, -0.1) is 0 Å². The largest absolute Gasteiger partial charge is 0.462 e. The van der Waals surface area contributed by atoms with Gasteiger partial charge in [0.1, 0.15) is 11.4 Å². The number of carbonyl (C=O) groups is 2. The molecule has 2 saturated heterocycles. The number of piperazine rings is 1. The SMILES string of the molecule is CCOC(=O)c1cnn(C)c1NC(=O)CN1CCN(S(=O)(=O)N2CCOCC2)CC1. The Hall–Kier alpha value is -2.06. The first kappa shape index (κ1) is 22.6. The Morgan fingerprint density at radius 3 is 2.40 bits per heavy atom. The molecule has 0 atom stereocenters. The summed E-state index contributed by atoms with van der Waals surface area (Å²) in [6.07, 6.45) is 1.35. The number of morpholine rings is 1. The molecule has 1 N–H and O–H groups in total. The molecular weight excluding hydrogens is 416 g/mol. The smallest absolute Gasteiger partial charge is 0.343 e. The maximum Gasteiger partial charge on any atom is 0.343 e. The zero-order valence-corrected chi connectivity index (χ0v) is 18.1. The molecule has 1 amide bonds. The zero-order chi connectivity index (χ0) is 21.7. The number of hydrogen-bond donors (Lipinski definition) is 1. The molecule has 0 spiro atoms. The van der Waals surface area contributed by atoms with Crippen LogP contribution in [0.25, 0.3) is 0 Å². The summed E-state index contributed by atoms with van der Waals surface area (Å²) in [5.41, 5.74) is 0.189. The summed E-state index contributed by atoms with van der Waals surface area (Å²) in [6.45, 7) is 5.03. The van der Waals surface area contributed by atoms with E-state index in [2.05, 4.69) is 10.4 Å². The number of amides is 1. The number of aryl methyl sites for hydroxylation is 1. The number of esters is 1. The van der Waals surface area contributed by atoms with Crippen LogP contribution in [-0.4, -0.2) is 109 Å². The van der Waals surface area contributed by atoms with E-state index in [0.29, 0.717) is 52.5 Å². The Kier molecular flexibility index (Phi) is 7.41. The highest BCUT2D eigenvalue weighted by Crippen LogP contribution is 2.17. The predicted molar refractivity (Wildman–Crippen MR) is 107 cm³/mol. The van der Waals surface area contributed by atoms with Gasteiger partial charge in [-0.1, -0.05) is 0 Å². The number of ether oxygens (including phenoxy) is 2. The molecule has 0 aliphatic carbocycles. The first-order valence-electron chi connectivity index (χ1n) is 9.87. The Bertz CT molecular complexity index is 858. The molecule has 2 aliphatic rings. The first-order chi connectivity index (χ1) is 14.3. The number of hydrogen-bond acceptors (Lipinski definition) is 8. The topological polar surface area (TPSA) is 126 Å². The van der Waals surface area contributed by atoms with E-state index in [-0.39, 0.29) is 30.4 Å². The lowest BCUT2D eigenvalue weighted by molar-refractivity contribution is -0.117. The fraction of sp³-hybridized carbons (Fsp3) is 0.706. The average Bonchev–Trinajstić information content (AvgIpc) is 3.09. The van der Waals surface area contributed by atoms with Gasteiger partial charge in [0, 0.05) is 46.3 Å². The minimum atomic E-state index is -3.51. The van der Waals surface area contributed by atoms with Crippen LogP contribution in [0.4, 0.5) is 5.82 Å². The summed E-state index contributed by atoms with van der Waals surface area (Å²) in [4.78, 5) is 26.4. The molecule has 3 heterocycles. The normalized spacial score (nSPS) is 19.5. The number of rotatable bonds is 7. The van der Waals surface area contributed by atoms with Crippen molar-refractivity contribution in [2.24, 2.45) is 7.05 Å². The fourth-order valence-electron chi connectivity index (χ4n) is 3.38. The van der Waals surface area contributed by atoms with Gasteiger partial charge in [0.25, 0.3) is 10.2 Å². The summed E-state index contributed by atoms with van der Waals surface area (Å²) in [5.74, 6) is -0.594. The van der Waals surface area contributed by atoms with Crippen molar-refractivity contribution in [2.75, 3.05) is 71.0 Å². The molecule has 0 unspecified atom stereocenters. The third-order valence-electron chi connectivity index (χ3n) is 5.01. The highest BCUT2D eigenvalue weighted by atomic mass is 32.2. The Labute approximate surface area is 175 Å². The van der Waals surface area contributed by atoms with Crippen molar-refractivity contribution in [1.29, 1.82) is 0 Å². The molecule has 1 aromatic rings. The molecule has 13 heteroatoms. The van der Waals surface area contributed by atoms with Crippen LogP contribution in [0.1, 0.15) is 17.3 Å². The quantitative estimate of drug-likeness (QED) is 0.516. The van der Waals surface area contributed by atoms with Gasteiger partial charge >= 0.3 is 5.97 Å². The van der Waals surface area contributed by atoms with Crippen LogP contribution in [0, 0.1) is 0 Å². The number of aromatic nitrogens is 2. The number of nitrogens with zero attached hydrogens (tertiary/aromatic N) is 5. The third kappa shape index (κ3) is 5.16. The van der Waals surface area contributed by atoms with E-state index in [9.17, 15) is 18.0 Å². The summed E-state index contributed by atoms with van der Waals surface area (Å²) in [6, 6.07) is 0. The van der Waals surface area contributed by atoms with E-state index in [1.807, 2.05) is 4.90 Å². The van der Waals surface area contributed by atoms with E-state index in [1.165, 1.54) is 19.5 Å². The minimum absolute atomic E-state index is 0.0822. The maximum absolute atomic E-state index is 12.7.